The van der Waals surface area contributed by atoms with Crippen molar-refractivity contribution in [2.45, 2.75) is 30.2 Å². The van der Waals surface area contributed by atoms with Crippen LogP contribution in [0.15, 0.2) is 29.3 Å². The molecule has 10 nitrogen and oxygen atoms in total. The summed E-state index contributed by atoms with van der Waals surface area (Å²) in [7, 11) is -2.15. The van der Waals surface area contributed by atoms with Gasteiger partial charge in [-0.2, -0.15) is 14.3 Å². The average Bonchev–Trinajstić information content (AvgIpc) is 3.17. The van der Waals surface area contributed by atoms with E-state index < -0.39 is 10.0 Å². The summed E-state index contributed by atoms with van der Waals surface area (Å²) in [5.74, 6) is 1.36. The molecule has 0 spiro atoms. The molecule has 2 aromatic heterocycles. The predicted octanol–water partition coefficient (Wildman–Crippen LogP) is 3.35. The topological polar surface area (TPSA) is 121 Å². The maximum atomic E-state index is 13.0. The first-order chi connectivity index (χ1) is 16.0. The first-order valence-corrected chi connectivity index (χ1v) is 12.6. The third-order valence-corrected chi connectivity index (χ3v) is 8.15. The SMILES string of the molecule is COc1cc(S(=O)(=O)N2CCOCC2)ccc1Nc1nc(NC2CCC2)c2c(Cl)c[nH]c2n1. The molecule has 0 bridgehead atoms. The minimum atomic E-state index is -3.64. The highest BCUT2D eigenvalue weighted by Gasteiger charge is 2.27. The van der Waals surface area contributed by atoms with E-state index in [9.17, 15) is 8.42 Å². The van der Waals surface area contributed by atoms with E-state index in [0.29, 0.717) is 66.2 Å². The molecule has 3 heterocycles. The molecule has 2 aliphatic rings. The van der Waals surface area contributed by atoms with E-state index in [1.54, 1.807) is 18.3 Å². The highest BCUT2D eigenvalue weighted by atomic mass is 35.5. The van der Waals surface area contributed by atoms with Crippen LogP contribution in [-0.4, -0.2) is 67.1 Å². The summed E-state index contributed by atoms with van der Waals surface area (Å²) in [5.41, 5.74) is 1.15. The Morgan fingerprint density at radius 2 is 2.03 bits per heavy atom. The van der Waals surface area contributed by atoms with Crippen molar-refractivity contribution < 1.29 is 17.9 Å². The monoisotopic (exact) mass is 492 g/mol. The number of nitrogens with one attached hydrogen (secondary N) is 3. The van der Waals surface area contributed by atoms with Gasteiger partial charge in [0.05, 0.1) is 41.3 Å². The normalized spacial score (nSPS) is 17.6. The summed E-state index contributed by atoms with van der Waals surface area (Å²) in [6, 6.07) is 5.07. The molecular weight excluding hydrogens is 468 g/mol. The molecule has 1 aliphatic heterocycles. The third kappa shape index (κ3) is 4.33. The van der Waals surface area contributed by atoms with E-state index in [1.807, 2.05) is 0 Å². The molecule has 3 aromatic rings. The number of sulfonamides is 1. The molecule has 1 saturated heterocycles. The van der Waals surface area contributed by atoms with Crippen molar-refractivity contribution in [3.8, 4) is 5.75 Å². The van der Waals surface area contributed by atoms with Gasteiger partial charge >= 0.3 is 0 Å². The van der Waals surface area contributed by atoms with Crippen molar-refractivity contribution in [2.24, 2.45) is 0 Å². The van der Waals surface area contributed by atoms with Crippen molar-refractivity contribution in [1.82, 2.24) is 19.3 Å². The Morgan fingerprint density at radius 1 is 1.24 bits per heavy atom. The van der Waals surface area contributed by atoms with Crippen molar-refractivity contribution in [3.63, 3.8) is 0 Å². The smallest absolute Gasteiger partial charge is 0.243 e. The molecule has 0 amide bonds. The standard InChI is InChI=1S/C21H25ClN6O4S/c1-31-17-11-14(33(29,30)28-7-9-32-10-8-28)5-6-16(17)25-21-26-19-18(15(22)12-23-19)20(27-21)24-13-3-2-4-13/h5-6,11-13H,2-4,7-10H2,1H3,(H3,23,24,25,26,27). The van der Waals surface area contributed by atoms with Crippen molar-refractivity contribution in [2.75, 3.05) is 44.0 Å². The minimum absolute atomic E-state index is 0.159. The summed E-state index contributed by atoms with van der Waals surface area (Å²) >= 11 is 6.35. The maximum absolute atomic E-state index is 13.0. The van der Waals surface area contributed by atoms with Gasteiger partial charge in [0.1, 0.15) is 17.2 Å². The highest BCUT2D eigenvalue weighted by molar-refractivity contribution is 7.89. The Hall–Kier alpha value is -2.60. The largest absolute Gasteiger partial charge is 0.495 e. The van der Waals surface area contributed by atoms with Gasteiger partial charge in [0.25, 0.3) is 0 Å². The van der Waals surface area contributed by atoms with Gasteiger partial charge in [-0.25, -0.2) is 8.42 Å². The summed E-state index contributed by atoms with van der Waals surface area (Å²) < 4.78 is 38.2. The molecule has 1 aromatic carbocycles. The number of benzene rings is 1. The molecule has 2 fully saturated rings. The van der Waals surface area contributed by atoms with Crippen LogP contribution in [0.2, 0.25) is 5.02 Å². The molecule has 1 saturated carbocycles. The lowest BCUT2D eigenvalue weighted by Crippen LogP contribution is -2.40. The van der Waals surface area contributed by atoms with Crippen molar-refractivity contribution in [3.05, 3.63) is 29.4 Å². The quantitative estimate of drug-likeness (QED) is 0.459. The molecular formula is C21H25ClN6O4S. The number of aromatic nitrogens is 3. The van der Waals surface area contributed by atoms with Gasteiger partial charge in [-0.05, 0) is 31.4 Å². The molecule has 0 unspecified atom stereocenters. The van der Waals surface area contributed by atoms with E-state index in [-0.39, 0.29) is 4.90 Å². The van der Waals surface area contributed by atoms with Gasteiger partial charge in [0.15, 0.2) is 0 Å². The molecule has 33 heavy (non-hydrogen) atoms. The minimum Gasteiger partial charge on any atom is -0.495 e. The predicted molar refractivity (Wildman–Crippen MR) is 126 cm³/mol. The lowest BCUT2D eigenvalue weighted by Gasteiger charge is -2.27. The number of halogens is 1. The van der Waals surface area contributed by atoms with Crippen LogP contribution in [0.3, 0.4) is 0 Å². The second-order valence-corrected chi connectivity index (χ2v) is 10.4. The van der Waals surface area contributed by atoms with Gasteiger partial charge < -0.3 is 25.1 Å². The second kappa shape index (κ2) is 8.98. The van der Waals surface area contributed by atoms with Crippen LogP contribution in [-0.2, 0) is 14.8 Å². The zero-order valence-corrected chi connectivity index (χ0v) is 19.7. The number of anilines is 3. The fourth-order valence-electron chi connectivity index (χ4n) is 3.89. The highest BCUT2D eigenvalue weighted by Crippen LogP contribution is 2.35. The Bertz CT molecular complexity index is 1270. The lowest BCUT2D eigenvalue weighted by molar-refractivity contribution is 0.0730. The number of rotatable bonds is 7. The van der Waals surface area contributed by atoms with Crippen LogP contribution >= 0.6 is 11.6 Å². The number of morpholine rings is 1. The van der Waals surface area contributed by atoms with Crippen molar-refractivity contribution >= 4 is 50.1 Å². The first kappa shape index (κ1) is 22.2. The number of methoxy groups -OCH3 is 1. The van der Waals surface area contributed by atoms with Gasteiger partial charge in [0.2, 0.25) is 16.0 Å². The first-order valence-electron chi connectivity index (χ1n) is 10.8. The second-order valence-electron chi connectivity index (χ2n) is 8.03. The van der Waals surface area contributed by atoms with Crippen LogP contribution in [0.4, 0.5) is 17.5 Å². The van der Waals surface area contributed by atoms with E-state index in [4.69, 9.17) is 21.1 Å². The summed E-state index contributed by atoms with van der Waals surface area (Å²) in [6.07, 6.45) is 5.05. The Labute approximate surface area is 196 Å². The molecule has 0 radical (unpaired) electrons. The van der Waals surface area contributed by atoms with Gasteiger partial charge in [-0.15, -0.1) is 0 Å². The van der Waals surface area contributed by atoms with Crippen LogP contribution < -0.4 is 15.4 Å². The van der Waals surface area contributed by atoms with Gasteiger partial charge in [-0.1, -0.05) is 11.6 Å². The third-order valence-electron chi connectivity index (χ3n) is 5.96. The molecule has 12 heteroatoms. The maximum Gasteiger partial charge on any atom is 0.243 e. The number of ether oxygens (including phenoxy) is 2. The fraction of sp³-hybridized carbons (Fsp3) is 0.429. The zero-order valence-electron chi connectivity index (χ0n) is 18.1. The van der Waals surface area contributed by atoms with E-state index >= 15 is 0 Å². The Balaban J connectivity index is 1.45. The number of H-pyrrole nitrogens is 1. The fourth-order valence-corrected chi connectivity index (χ4v) is 5.55. The molecule has 1 aliphatic carbocycles. The Kier molecular flexibility index (Phi) is 6.04. The van der Waals surface area contributed by atoms with Crippen LogP contribution in [0.1, 0.15) is 19.3 Å². The summed E-state index contributed by atoms with van der Waals surface area (Å²) in [5, 5.41) is 7.89. The van der Waals surface area contributed by atoms with E-state index in [1.165, 1.54) is 23.9 Å². The van der Waals surface area contributed by atoms with Crippen molar-refractivity contribution in [1.29, 1.82) is 0 Å². The lowest BCUT2D eigenvalue weighted by atomic mass is 9.93. The van der Waals surface area contributed by atoms with Crippen LogP contribution in [0, 0.1) is 0 Å². The number of aromatic amines is 1. The summed E-state index contributed by atoms with van der Waals surface area (Å²) in [6.45, 7) is 1.42. The summed E-state index contributed by atoms with van der Waals surface area (Å²) in [4.78, 5) is 12.4. The number of hydrogen-bond acceptors (Lipinski definition) is 8. The molecule has 176 valence electrons. The van der Waals surface area contributed by atoms with Gasteiger partial charge in [-0.3, -0.25) is 0 Å². The number of nitrogens with zero attached hydrogens (tertiary/aromatic N) is 3. The number of fused-ring (bicyclic) bond motifs is 1. The average molecular weight is 493 g/mol. The van der Waals surface area contributed by atoms with Crippen LogP contribution in [0.25, 0.3) is 11.0 Å². The van der Waals surface area contributed by atoms with E-state index in [2.05, 4.69) is 25.6 Å². The van der Waals surface area contributed by atoms with E-state index in [0.717, 1.165) is 18.2 Å². The molecule has 3 N–H and O–H groups in total. The molecule has 5 rings (SSSR count). The zero-order chi connectivity index (χ0) is 23.0. The van der Waals surface area contributed by atoms with Crippen LogP contribution in [0.5, 0.6) is 5.75 Å². The van der Waals surface area contributed by atoms with Gasteiger partial charge in [0, 0.05) is 31.4 Å². The Morgan fingerprint density at radius 3 is 2.73 bits per heavy atom. The number of hydrogen-bond donors (Lipinski definition) is 3. The molecule has 0 atom stereocenters.